The van der Waals surface area contributed by atoms with Crippen molar-refractivity contribution in [2.45, 2.75) is 17.3 Å². The Morgan fingerprint density at radius 3 is 2.05 bits per heavy atom. The molecule has 1 radical (unpaired) electrons. The molecular weight excluding hydrogens is 1050 g/mol. The van der Waals surface area contributed by atoms with E-state index in [1.54, 1.807) is 24.3 Å². The molecule has 0 unspecified atom stereocenters. The summed E-state index contributed by atoms with van der Waals surface area (Å²) >= 11 is -1.96. The van der Waals surface area contributed by atoms with Crippen molar-refractivity contribution in [2.24, 2.45) is 0 Å². The molecule has 0 saturated heterocycles. The van der Waals surface area contributed by atoms with Gasteiger partial charge in [-0.3, -0.25) is 4.98 Å². The molecule has 3 aromatic heterocycles. The molecular formula is C57H41F2GeIrN3O-2. The van der Waals surface area contributed by atoms with Gasteiger partial charge < -0.3 is 8.98 Å². The normalized spacial score (nSPS) is 11.6. The van der Waals surface area contributed by atoms with Crippen LogP contribution in [-0.4, -0.2) is 27.8 Å². The summed E-state index contributed by atoms with van der Waals surface area (Å²) in [6.45, 7) is 0. The topological polar surface area (TPSA) is 43.9 Å². The van der Waals surface area contributed by atoms with E-state index < -0.39 is 13.3 Å². The summed E-state index contributed by atoms with van der Waals surface area (Å²) in [4.78, 5) is 9.61. The quantitative estimate of drug-likeness (QED) is 0.118. The number of pyridine rings is 1. The molecule has 11 aromatic rings. The minimum atomic E-state index is -1.96. The summed E-state index contributed by atoms with van der Waals surface area (Å²) in [5, 5.41) is 1.78. The second-order valence-corrected chi connectivity index (χ2v) is 27.2. The first kappa shape index (κ1) is 42.2. The van der Waals surface area contributed by atoms with Crippen LogP contribution in [0.4, 0.5) is 8.78 Å². The van der Waals surface area contributed by atoms with Crippen LogP contribution < -0.4 is 4.40 Å². The van der Waals surface area contributed by atoms with Gasteiger partial charge in [-0.05, 0) is 94.0 Å². The maximum atomic E-state index is 14.1. The van der Waals surface area contributed by atoms with E-state index in [1.165, 1.54) is 24.3 Å². The van der Waals surface area contributed by atoms with Crippen LogP contribution in [0, 0.1) is 23.8 Å². The van der Waals surface area contributed by atoms with Crippen molar-refractivity contribution in [3.05, 3.63) is 218 Å². The van der Waals surface area contributed by atoms with Crippen LogP contribution in [0.3, 0.4) is 0 Å². The third-order valence-electron chi connectivity index (χ3n) is 11.4. The first-order valence-electron chi connectivity index (χ1n) is 21.6. The number of hydrogen-bond donors (Lipinski definition) is 0. The van der Waals surface area contributed by atoms with Gasteiger partial charge in [0.25, 0.3) is 0 Å². The fourth-order valence-electron chi connectivity index (χ4n) is 8.08. The van der Waals surface area contributed by atoms with E-state index in [-0.39, 0.29) is 31.7 Å². The van der Waals surface area contributed by atoms with E-state index in [0.29, 0.717) is 23.0 Å². The maximum Gasteiger partial charge on any atom is 0 e. The number of fused-ring (bicyclic) bond motifs is 4. The van der Waals surface area contributed by atoms with Crippen molar-refractivity contribution in [2.75, 3.05) is 0 Å². The molecule has 8 aromatic carbocycles. The molecule has 0 saturated carbocycles. The van der Waals surface area contributed by atoms with Crippen LogP contribution in [-0.2, 0) is 20.1 Å². The van der Waals surface area contributed by atoms with E-state index in [1.807, 2.05) is 91.1 Å². The molecule has 319 valence electrons. The van der Waals surface area contributed by atoms with Gasteiger partial charge in [0.05, 0.1) is 22.4 Å². The van der Waals surface area contributed by atoms with E-state index in [0.717, 1.165) is 82.1 Å². The van der Waals surface area contributed by atoms with Crippen LogP contribution in [0.1, 0.15) is 1.37 Å². The number of nitrogens with zero attached hydrogens (tertiary/aromatic N) is 3. The van der Waals surface area contributed by atoms with E-state index in [2.05, 4.69) is 87.5 Å². The zero-order chi connectivity index (χ0) is 44.7. The maximum absolute atomic E-state index is 14.1. The molecule has 3 heterocycles. The Labute approximate surface area is 394 Å². The van der Waals surface area contributed by atoms with Crippen molar-refractivity contribution in [3.8, 4) is 61.7 Å². The number of imidazole rings is 1. The zero-order valence-corrected chi connectivity index (χ0v) is 40.2. The van der Waals surface area contributed by atoms with Gasteiger partial charge in [0.1, 0.15) is 17.2 Å². The number of halogens is 2. The predicted molar refractivity (Wildman–Crippen MR) is 260 cm³/mol. The van der Waals surface area contributed by atoms with Crippen LogP contribution in [0.15, 0.2) is 199 Å². The van der Waals surface area contributed by atoms with Crippen molar-refractivity contribution in [3.63, 3.8) is 0 Å². The number of rotatable bonds is 7. The molecule has 0 N–H and O–H groups in total. The number of hydrogen-bond acceptors (Lipinski definition) is 3. The summed E-state index contributed by atoms with van der Waals surface area (Å²) in [5.41, 5.74) is 12.2. The molecule has 0 aliphatic heterocycles. The van der Waals surface area contributed by atoms with Crippen LogP contribution >= 0.6 is 0 Å². The van der Waals surface area contributed by atoms with Gasteiger partial charge in [-0.2, -0.15) is 0 Å². The Hall–Kier alpha value is -6.77. The Morgan fingerprint density at radius 1 is 0.631 bits per heavy atom. The van der Waals surface area contributed by atoms with Crippen molar-refractivity contribution in [1.82, 2.24) is 14.5 Å². The van der Waals surface area contributed by atoms with Crippen molar-refractivity contribution >= 4 is 50.6 Å². The molecule has 0 spiro atoms. The van der Waals surface area contributed by atoms with Crippen molar-refractivity contribution in [1.29, 1.82) is 0 Å². The number of aromatic nitrogens is 3. The molecule has 4 nitrogen and oxygen atoms in total. The zero-order valence-electron chi connectivity index (χ0n) is 36.7. The average molecular weight is 1090 g/mol. The van der Waals surface area contributed by atoms with Gasteiger partial charge >= 0.3 is 101 Å². The number of furan rings is 1. The monoisotopic (exact) mass is 1090 g/mol. The second kappa shape index (κ2) is 18.4. The molecule has 0 fully saturated rings. The summed E-state index contributed by atoms with van der Waals surface area (Å²) in [5.74, 6) is 6.93. The van der Waals surface area contributed by atoms with Crippen LogP contribution in [0.2, 0.25) is 17.3 Å². The Bertz CT molecular complexity index is 3500. The fraction of sp³-hybridized carbons (Fsp3) is 0.0526. The summed E-state index contributed by atoms with van der Waals surface area (Å²) in [6, 6.07) is 64.4. The molecule has 8 heteroatoms. The molecule has 0 bridgehead atoms. The molecule has 0 aliphatic carbocycles. The smallest absolute Gasteiger partial charge is 0 e. The molecule has 0 atom stereocenters. The second-order valence-electron chi connectivity index (χ2n) is 16.7. The van der Waals surface area contributed by atoms with Gasteiger partial charge in [-0.15, -0.1) is 18.2 Å². The molecule has 65 heavy (non-hydrogen) atoms. The average Bonchev–Trinajstić information content (AvgIpc) is 3.91. The largest absolute Gasteiger partial charge is 0 e. The van der Waals surface area contributed by atoms with Crippen LogP contribution in [0.25, 0.3) is 94.7 Å². The molecule has 11 rings (SSSR count). The molecule has 0 amide bonds. The van der Waals surface area contributed by atoms with Gasteiger partial charge in [0.15, 0.2) is 0 Å². The Kier molecular flexibility index (Phi) is 11.9. The van der Waals surface area contributed by atoms with Gasteiger partial charge in [0.2, 0.25) is 0 Å². The SMILES string of the molecule is Fc1ccc(-c2cc(-c3ccc(F)cc3)c3c(c2)oc2c(-c4nc5ccccc5n4-c4cccc(-c5ccccc5)c4)[c-]ccc23)cc1.[2H]c1cc(-c2[c-]cccc2)nc[c]1[Ge]([CH3])([CH3])[CH3].[Ir]. The summed E-state index contributed by atoms with van der Waals surface area (Å²) < 4.78 is 46.1. The number of benzene rings is 8. The molecule has 0 aliphatic rings. The first-order valence-corrected chi connectivity index (χ1v) is 28.4. The van der Waals surface area contributed by atoms with Crippen LogP contribution in [0.5, 0.6) is 0 Å². The number of para-hydroxylation sites is 2. The van der Waals surface area contributed by atoms with E-state index >= 15 is 0 Å². The standard InChI is InChI=1S/C43H25F2N2O.C14H16GeN.Ir/c44-32-20-16-28(17-21-32)31-25-37(29-18-22-33(45)23-19-29)41-35-12-7-13-36(42(35)48-40(41)26-31)43-46-38-14-4-5-15-39(38)47(43)34-11-6-10-30(24-34)27-8-2-1-3-9-27;1-15(2,3)13-9-10-14(16-11-13)12-7-5-4-6-8-12;/h1-12,14-26H;4-7,9-11H,1-3H3;/q2*-1;/i;9D;. The predicted octanol–water partition coefficient (Wildman–Crippen LogP) is 14.8. The summed E-state index contributed by atoms with van der Waals surface area (Å²) in [7, 11) is 0. The minimum absolute atomic E-state index is 0. The van der Waals surface area contributed by atoms with E-state index in [9.17, 15) is 8.78 Å². The third-order valence-corrected chi connectivity index (χ3v) is 15.3. The third kappa shape index (κ3) is 8.88. The fourth-order valence-corrected chi connectivity index (χ4v) is 10.1. The first-order chi connectivity index (χ1) is 31.6. The van der Waals surface area contributed by atoms with Gasteiger partial charge in [-0.1, -0.05) is 89.8 Å². The Morgan fingerprint density at radius 2 is 1.32 bits per heavy atom. The van der Waals surface area contributed by atoms with E-state index in [4.69, 9.17) is 10.8 Å². The minimum Gasteiger partial charge on any atom is 0 e. The van der Waals surface area contributed by atoms with Gasteiger partial charge in [-0.25, -0.2) is 8.78 Å². The summed E-state index contributed by atoms with van der Waals surface area (Å²) in [6.07, 6.45) is 1.89. The van der Waals surface area contributed by atoms with Crippen molar-refractivity contribution < 1.29 is 34.7 Å². The Balaban J connectivity index is 0.000000257. The van der Waals surface area contributed by atoms with Gasteiger partial charge in [0, 0.05) is 31.2 Å².